The van der Waals surface area contributed by atoms with Gasteiger partial charge in [-0.25, -0.2) is 9.97 Å². The Bertz CT molecular complexity index is 602. The van der Waals surface area contributed by atoms with Crippen LogP contribution >= 0.6 is 11.3 Å². The predicted molar refractivity (Wildman–Crippen MR) is 82.6 cm³/mol. The Balaban J connectivity index is 2.33. The molecule has 0 radical (unpaired) electrons. The van der Waals surface area contributed by atoms with Crippen LogP contribution in [0, 0.1) is 0 Å². The van der Waals surface area contributed by atoms with Crippen LogP contribution in [0.25, 0.3) is 0 Å². The Morgan fingerprint density at radius 3 is 2.60 bits per heavy atom. The quantitative estimate of drug-likeness (QED) is 0.911. The lowest BCUT2D eigenvalue weighted by Crippen LogP contribution is -2.18. The zero-order valence-electron chi connectivity index (χ0n) is 12.0. The second-order valence-electron chi connectivity index (χ2n) is 5.42. The van der Waals surface area contributed by atoms with Crippen LogP contribution in [-0.2, 0) is 5.41 Å². The Morgan fingerprint density at radius 1 is 1.30 bits per heavy atom. The van der Waals surface area contributed by atoms with Gasteiger partial charge >= 0.3 is 0 Å². The Morgan fingerprint density at radius 2 is 2.05 bits per heavy atom. The Hall–Kier alpha value is -1.95. The van der Waals surface area contributed by atoms with E-state index in [1.807, 2.05) is 11.4 Å². The molecule has 20 heavy (non-hydrogen) atoms. The first-order valence-electron chi connectivity index (χ1n) is 6.31. The smallest absolute Gasteiger partial charge is 0.257 e. The number of rotatable bonds is 3. The van der Waals surface area contributed by atoms with Crippen LogP contribution < -0.4 is 10.6 Å². The van der Waals surface area contributed by atoms with Gasteiger partial charge < -0.3 is 5.32 Å². The van der Waals surface area contributed by atoms with Gasteiger partial charge in [-0.2, -0.15) is 0 Å². The van der Waals surface area contributed by atoms with Crippen molar-refractivity contribution in [2.75, 3.05) is 17.7 Å². The summed E-state index contributed by atoms with van der Waals surface area (Å²) in [5, 5.41) is 8.18. The standard InChI is InChI=1S/C14H18N4OS/c1-14(2,3)10-7-9(8-11(15-4)17-10)12(19)18-13-16-5-6-20-13/h5-8H,1-4H3,(H,15,17)(H,16,18,19). The largest absolute Gasteiger partial charge is 0.373 e. The van der Waals surface area contributed by atoms with Gasteiger partial charge in [0.15, 0.2) is 5.13 Å². The Kier molecular flexibility index (Phi) is 4.04. The minimum absolute atomic E-state index is 0.122. The van der Waals surface area contributed by atoms with Gasteiger partial charge in [-0.1, -0.05) is 20.8 Å². The third-order valence-electron chi connectivity index (χ3n) is 2.76. The molecule has 0 aliphatic carbocycles. The summed E-state index contributed by atoms with van der Waals surface area (Å²) in [5.74, 6) is 0.506. The molecule has 106 valence electrons. The van der Waals surface area contributed by atoms with E-state index in [-0.39, 0.29) is 11.3 Å². The number of hydrogen-bond acceptors (Lipinski definition) is 5. The van der Waals surface area contributed by atoms with Gasteiger partial charge in [0.1, 0.15) is 5.82 Å². The Labute approximate surface area is 122 Å². The fourth-order valence-electron chi connectivity index (χ4n) is 1.63. The van der Waals surface area contributed by atoms with Gasteiger partial charge in [-0.3, -0.25) is 10.1 Å². The maximum absolute atomic E-state index is 12.3. The molecule has 2 aromatic rings. The number of aromatic nitrogens is 2. The average molecular weight is 290 g/mol. The number of thiazole rings is 1. The highest BCUT2D eigenvalue weighted by Crippen LogP contribution is 2.24. The van der Waals surface area contributed by atoms with E-state index in [0.717, 1.165) is 5.69 Å². The van der Waals surface area contributed by atoms with Crippen molar-refractivity contribution in [3.05, 3.63) is 35.0 Å². The highest BCUT2D eigenvalue weighted by Gasteiger charge is 2.19. The topological polar surface area (TPSA) is 66.9 Å². The van der Waals surface area contributed by atoms with E-state index < -0.39 is 0 Å². The molecule has 1 amide bonds. The van der Waals surface area contributed by atoms with Crippen molar-refractivity contribution in [2.24, 2.45) is 0 Å². The first kappa shape index (κ1) is 14.5. The maximum Gasteiger partial charge on any atom is 0.257 e. The normalized spacial score (nSPS) is 11.2. The SMILES string of the molecule is CNc1cc(C(=O)Nc2nccs2)cc(C(C)(C)C)n1. The number of anilines is 2. The number of amides is 1. The third kappa shape index (κ3) is 3.33. The van der Waals surface area contributed by atoms with Crippen LogP contribution in [0.3, 0.4) is 0 Å². The van der Waals surface area contributed by atoms with Gasteiger partial charge in [-0.05, 0) is 12.1 Å². The summed E-state index contributed by atoms with van der Waals surface area (Å²) in [6.07, 6.45) is 1.66. The number of pyridine rings is 1. The predicted octanol–water partition coefficient (Wildman–Crippen LogP) is 3.13. The van der Waals surface area contributed by atoms with Crippen LogP contribution in [0.5, 0.6) is 0 Å². The van der Waals surface area contributed by atoms with E-state index >= 15 is 0 Å². The molecule has 2 rings (SSSR count). The monoisotopic (exact) mass is 290 g/mol. The lowest BCUT2D eigenvalue weighted by atomic mass is 9.90. The van der Waals surface area contributed by atoms with Crippen molar-refractivity contribution in [3.8, 4) is 0 Å². The second-order valence-corrected chi connectivity index (χ2v) is 6.31. The molecule has 0 aliphatic rings. The molecule has 0 saturated heterocycles. The van der Waals surface area contributed by atoms with Crippen molar-refractivity contribution in [1.29, 1.82) is 0 Å². The molecule has 5 nitrogen and oxygen atoms in total. The summed E-state index contributed by atoms with van der Waals surface area (Å²) >= 11 is 1.39. The third-order valence-corrected chi connectivity index (χ3v) is 3.45. The fraction of sp³-hybridized carbons (Fsp3) is 0.357. The van der Waals surface area contributed by atoms with Crippen LogP contribution in [0.2, 0.25) is 0 Å². The van der Waals surface area contributed by atoms with Gasteiger partial charge in [-0.15, -0.1) is 11.3 Å². The molecule has 2 N–H and O–H groups in total. The summed E-state index contributed by atoms with van der Waals surface area (Å²) in [6.45, 7) is 6.20. The summed E-state index contributed by atoms with van der Waals surface area (Å²) in [4.78, 5) is 20.8. The summed E-state index contributed by atoms with van der Waals surface area (Å²) in [7, 11) is 1.79. The number of carbonyl (C=O) groups is 1. The molecule has 0 unspecified atom stereocenters. The molecular formula is C14H18N4OS. The van der Waals surface area contributed by atoms with Crippen LogP contribution in [0.4, 0.5) is 10.9 Å². The van der Waals surface area contributed by atoms with E-state index in [9.17, 15) is 4.79 Å². The van der Waals surface area contributed by atoms with Crippen LogP contribution in [-0.4, -0.2) is 22.9 Å². The first-order chi connectivity index (χ1) is 9.40. The molecule has 0 aliphatic heterocycles. The molecule has 0 bridgehead atoms. The molecule has 2 aromatic heterocycles. The molecule has 2 heterocycles. The van der Waals surface area contributed by atoms with Crippen LogP contribution in [0.15, 0.2) is 23.7 Å². The van der Waals surface area contributed by atoms with Crippen molar-refractivity contribution in [3.63, 3.8) is 0 Å². The van der Waals surface area contributed by atoms with Crippen molar-refractivity contribution >= 4 is 28.2 Å². The van der Waals surface area contributed by atoms with E-state index in [1.165, 1.54) is 11.3 Å². The van der Waals surface area contributed by atoms with Gasteiger partial charge in [0, 0.05) is 35.3 Å². The number of carbonyl (C=O) groups excluding carboxylic acids is 1. The van der Waals surface area contributed by atoms with E-state index in [4.69, 9.17) is 0 Å². The molecular weight excluding hydrogens is 272 g/mol. The molecule has 0 saturated carbocycles. The fourth-order valence-corrected chi connectivity index (χ4v) is 2.15. The summed E-state index contributed by atoms with van der Waals surface area (Å²) < 4.78 is 0. The highest BCUT2D eigenvalue weighted by molar-refractivity contribution is 7.13. The van der Waals surface area contributed by atoms with Gasteiger partial charge in [0.25, 0.3) is 5.91 Å². The zero-order valence-corrected chi connectivity index (χ0v) is 12.8. The summed E-state index contributed by atoms with van der Waals surface area (Å²) in [5.41, 5.74) is 1.32. The maximum atomic E-state index is 12.3. The first-order valence-corrected chi connectivity index (χ1v) is 7.19. The number of nitrogens with zero attached hydrogens (tertiary/aromatic N) is 2. The van der Waals surface area contributed by atoms with Crippen molar-refractivity contribution in [2.45, 2.75) is 26.2 Å². The van der Waals surface area contributed by atoms with Crippen LogP contribution in [0.1, 0.15) is 36.8 Å². The van der Waals surface area contributed by atoms with E-state index in [0.29, 0.717) is 16.5 Å². The lowest BCUT2D eigenvalue weighted by molar-refractivity contribution is 0.102. The minimum atomic E-state index is -0.177. The molecule has 6 heteroatoms. The van der Waals surface area contributed by atoms with Gasteiger partial charge in [0.05, 0.1) is 0 Å². The molecule has 0 spiro atoms. The zero-order chi connectivity index (χ0) is 14.8. The molecule has 0 aromatic carbocycles. The highest BCUT2D eigenvalue weighted by atomic mass is 32.1. The number of nitrogens with one attached hydrogen (secondary N) is 2. The molecule has 0 atom stereocenters. The average Bonchev–Trinajstić information content (AvgIpc) is 2.90. The minimum Gasteiger partial charge on any atom is -0.373 e. The molecule has 0 fully saturated rings. The van der Waals surface area contributed by atoms with Crippen molar-refractivity contribution in [1.82, 2.24) is 9.97 Å². The van der Waals surface area contributed by atoms with Gasteiger partial charge in [0.2, 0.25) is 0 Å². The lowest BCUT2D eigenvalue weighted by Gasteiger charge is -2.19. The summed E-state index contributed by atoms with van der Waals surface area (Å²) in [6, 6.07) is 3.56. The second kappa shape index (κ2) is 5.58. The van der Waals surface area contributed by atoms with E-state index in [1.54, 1.807) is 19.3 Å². The number of hydrogen-bond donors (Lipinski definition) is 2. The van der Waals surface area contributed by atoms with E-state index in [2.05, 4.69) is 41.4 Å². The van der Waals surface area contributed by atoms with Crippen molar-refractivity contribution < 1.29 is 4.79 Å².